The second-order valence-electron chi connectivity index (χ2n) is 4.23. The number of rotatable bonds is 6. The molecular formula is C15H14F3NO2. The quantitative estimate of drug-likeness (QED) is 0.872. The van der Waals surface area contributed by atoms with Crippen molar-refractivity contribution in [1.29, 1.82) is 0 Å². The number of methoxy groups -OCH3 is 1. The molecule has 0 aliphatic rings. The highest BCUT2D eigenvalue weighted by atomic mass is 19.3. The summed E-state index contributed by atoms with van der Waals surface area (Å²) in [5, 5.41) is 3.00. The Kier molecular flexibility index (Phi) is 4.92. The lowest BCUT2D eigenvalue weighted by Crippen LogP contribution is -2.05. The summed E-state index contributed by atoms with van der Waals surface area (Å²) in [4.78, 5) is 0. The van der Waals surface area contributed by atoms with Gasteiger partial charge < -0.3 is 14.8 Å². The maximum Gasteiger partial charge on any atom is 0.387 e. The van der Waals surface area contributed by atoms with E-state index in [1.165, 1.54) is 25.3 Å². The zero-order valence-electron chi connectivity index (χ0n) is 11.3. The summed E-state index contributed by atoms with van der Waals surface area (Å²) in [7, 11) is 1.37. The lowest BCUT2D eigenvalue weighted by Gasteiger charge is -2.12. The number of alkyl halides is 2. The molecule has 3 nitrogen and oxygen atoms in total. The van der Waals surface area contributed by atoms with Crippen molar-refractivity contribution in [2.45, 2.75) is 13.2 Å². The topological polar surface area (TPSA) is 30.5 Å². The fourth-order valence-corrected chi connectivity index (χ4v) is 1.82. The van der Waals surface area contributed by atoms with Crippen LogP contribution in [0.3, 0.4) is 0 Å². The fourth-order valence-electron chi connectivity index (χ4n) is 1.82. The summed E-state index contributed by atoms with van der Waals surface area (Å²) in [5.41, 5.74) is 1.30. The Morgan fingerprint density at radius 2 is 1.90 bits per heavy atom. The molecule has 6 heteroatoms. The van der Waals surface area contributed by atoms with Crippen molar-refractivity contribution >= 4 is 5.69 Å². The van der Waals surface area contributed by atoms with Crippen LogP contribution in [0.5, 0.6) is 11.5 Å². The summed E-state index contributed by atoms with van der Waals surface area (Å²) in [5.74, 6) is -0.160. The summed E-state index contributed by atoms with van der Waals surface area (Å²) < 4.78 is 47.1. The van der Waals surface area contributed by atoms with Crippen molar-refractivity contribution in [2.75, 3.05) is 12.4 Å². The molecule has 0 bridgehead atoms. The number of anilines is 1. The zero-order valence-corrected chi connectivity index (χ0v) is 11.3. The highest BCUT2D eigenvalue weighted by Crippen LogP contribution is 2.29. The van der Waals surface area contributed by atoms with E-state index in [2.05, 4.69) is 10.1 Å². The van der Waals surface area contributed by atoms with Gasteiger partial charge in [0.2, 0.25) is 0 Å². The Balaban J connectivity index is 2.09. The maximum absolute atomic E-state index is 13.0. The van der Waals surface area contributed by atoms with Crippen LogP contribution in [0.4, 0.5) is 18.9 Å². The largest absolute Gasteiger partial charge is 0.493 e. The summed E-state index contributed by atoms with van der Waals surface area (Å²) in [6.07, 6.45) is 0. The molecule has 1 N–H and O–H groups in total. The summed E-state index contributed by atoms with van der Waals surface area (Å²) in [6.45, 7) is -2.59. The average molecular weight is 297 g/mol. The van der Waals surface area contributed by atoms with Gasteiger partial charge in [-0.2, -0.15) is 8.78 Å². The Hall–Kier alpha value is -2.37. The lowest BCUT2D eigenvalue weighted by atomic mass is 10.2. The molecule has 0 heterocycles. The Bertz CT molecular complexity index is 605. The van der Waals surface area contributed by atoms with Gasteiger partial charge in [-0.3, -0.25) is 0 Å². The first-order chi connectivity index (χ1) is 10.1. The first kappa shape index (κ1) is 15.0. The van der Waals surface area contributed by atoms with Gasteiger partial charge in [-0.25, -0.2) is 4.39 Å². The van der Waals surface area contributed by atoms with E-state index in [-0.39, 0.29) is 17.3 Å². The molecule has 0 fully saturated rings. The van der Waals surface area contributed by atoms with Crippen LogP contribution in [0, 0.1) is 5.82 Å². The Morgan fingerprint density at radius 1 is 1.10 bits per heavy atom. The molecule has 21 heavy (non-hydrogen) atoms. The van der Waals surface area contributed by atoms with Crippen molar-refractivity contribution in [3.05, 3.63) is 53.8 Å². The number of hydrogen-bond donors (Lipinski definition) is 1. The van der Waals surface area contributed by atoms with Crippen LogP contribution in [0.15, 0.2) is 42.5 Å². The summed E-state index contributed by atoms with van der Waals surface area (Å²) >= 11 is 0. The predicted octanol–water partition coefficient (Wildman–Crippen LogP) is 4.05. The highest BCUT2D eigenvalue weighted by molar-refractivity contribution is 5.46. The SMILES string of the molecule is COc1ccc(CNc2cccc(F)c2)cc1OC(F)F. The van der Waals surface area contributed by atoms with E-state index < -0.39 is 6.61 Å². The lowest BCUT2D eigenvalue weighted by molar-refractivity contribution is -0.0512. The molecule has 0 spiro atoms. The molecule has 0 unspecified atom stereocenters. The van der Waals surface area contributed by atoms with Crippen LogP contribution in [0.2, 0.25) is 0 Å². The van der Waals surface area contributed by atoms with Gasteiger partial charge in [-0.05, 0) is 35.9 Å². The molecule has 2 aromatic carbocycles. The van der Waals surface area contributed by atoms with Gasteiger partial charge in [-0.1, -0.05) is 12.1 Å². The molecule has 0 saturated heterocycles. The molecule has 0 aromatic heterocycles. The van der Waals surface area contributed by atoms with E-state index in [1.54, 1.807) is 24.3 Å². The van der Waals surface area contributed by atoms with E-state index in [0.717, 1.165) is 0 Å². The first-order valence-corrected chi connectivity index (χ1v) is 6.19. The molecule has 2 aromatic rings. The number of ether oxygens (including phenoxy) is 2. The fraction of sp³-hybridized carbons (Fsp3) is 0.200. The van der Waals surface area contributed by atoms with Crippen molar-refractivity contribution in [3.63, 3.8) is 0 Å². The first-order valence-electron chi connectivity index (χ1n) is 6.19. The second kappa shape index (κ2) is 6.88. The van der Waals surface area contributed by atoms with Crippen LogP contribution >= 0.6 is 0 Å². The molecule has 0 atom stereocenters. The highest BCUT2D eigenvalue weighted by Gasteiger charge is 2.11. The van der Waals surface area contributed by atoms with Crippen LogP contribution in [0.25, 0.3) is 0 Å². The molecule has 0 amide bonds. The van der Waals surface area contributed by atoms with Crippen LogP contribution in [-0.2, 0) is 6.54 Å². The molecule has 2 rings (SSSR count). The number of halogens is 3. The van der Waals surface area contributed by atoms with Gasteiger partial charge in [0.1, 0.15) is 5.82 Å². The van der Waals surface area contributed by atoms with Gasteiger partial charge in [-0.15, -0.1) is 0 Å². The predicted molar refractivity (Wildman–Crippen MR) is 73.4 cm³/mol. The van der Waals surface area contributed by atoms with E-state index in [4.69, 9.17) is 4.74 Å². The van der Waals surface area contributed by atoms with Gasteiger partial charge in [0.05, 0.1) is 7.11 Å². The van der Waals surface area contributed by atoms with Gasteiger partial charge >= 0.3 is 6.61 Å². The van der Waals surface area contributed by atoms with Crippen molar-refractivity contribution in [2.24, 2.45) is 0 Å². The third-order valence-corrected chi connectivity index (χ3v) is 2.77. The summed E-state index contributed by atoms with van der Waals surface area (Å²) in [6, 6.07) is 10.7. The molecular weight excluding hydrogens is 283 g/mol. The van der Waals surface area contributed by atoms with E-state index in [0.29, 0.717) is 17.8 Å². The van der Waals surface area contributed by atoms with Crippen LogP contribution < -0.4 is 14.8 Å². The van der Waals surface area contributed by atoms with Crippen LogP contribution in [0.1, 0.15) is 5.56 Å². The van der Waals surface area contributed by atoms with Crippen molar-refractivity contribution in [1.82, 2.24) is 0 Å². The minimum Gasteiger partial charge on any atom is -0.493 e. The average Bonchev–Trinajstić information content (AvgIpc) is 2.45. The van der Waals surface area contributed by atoms with Gasteiger partial charge in [0, 0.05) is 12.2 Å². The maximum atomic E-state index is 13.0. The zero-order chi connectivity index (χ0) is 15.2. The normalized spacial score (nSPS) is 10.5. The Labute approximate surface area is 120 Å². The number of benzene rings is 2. The number of nitrogens with one attached hydrogen (secondary N) is 1. The standard InChI is InChI=1S/C15H14F3NO2/c1-20-13-6-5-10(7-14(13)21-15(17)18)9-19-12-4-2-3-11(16)8-12/h2-8,15,19H,9H2,1H3. The van der Waals surface area contributed by atoms with Gasteiger partial charge in [0.25, 0.3) is 0 Å². The van der Waals surface area contributed by atoms with E-state index in [9.17, 15) is 13.2 Å². The Morgan fingerprint density at radius 3 is 2.57 bits per heavy atom. The number of hydrogen-bond acceptors (Lipinski definition) is 3. The minimum atomic E-state index is -2.93. The molecule has 0 aliphatic heterocycles. The molecule has 112 valence electrons. The molecule has 0 aliphatic carbocycles. The second-order valence-corrected chi connectivity index (χ2v) is 4.23. The molecule has 0 saturated carbocycles. The van der Waals surface area contributed by atoms with E-state index >= 15 is 0 Å². The van der Waals surface area contributed by atoms with E-state index in [1.807, 2.05) is 0 Å². The molecule has 0 radical (unpaired) electrons. The third kappa shape index (κ3) is 4.30. The minimum absolute atomic E-state index is 0.0361. The monoisotopic (exact) mass is 297 g/mol. The van der Waals surface area contributed by atoms with Crippen LogP contribution in [-0.4, -0.2) is 13.7 Å². The smallest absolute Gasteiger partial charge is 0.387 e. The van der Waals surface area contributed by atoms with Crippen molar-refractivity contribution < 1.29 is 22.6 Å². The third-order valence-electron chi connectivity index (χ3n) is 2.77. The van der Waals surface area contributed by atoms with Crippen molar-refractivity contribution in [3.8, 4) is 11.5 Å². The van der Waals surface area contributed by atoms with Gasteiger partial charge in [0.15, 0.2) is 11.5 Å².